The van der Waals surface area contributed by atoms with E-state index >= 15 is 0 Å². The zero-order valence-electron chi connectivity index (χ0n) is 12.7. The predicted octanol–water partition coefficient (Wildman–Crippen LogP) is 3.83. The van der Waals surface area contributed by atoms with E-state index in [0.717, 1.165) is 37.0 Å². The van der Waals surface area contributed by atoms with Crippen molar-refractivity contribution in [2.45, 2.75) is 62.2 Å². The third-order valence-corrected chi connectivity index (χ3v) is 7.50. The maximum Gasteiger partial charge on any atom is 0.128 e. The normalized spacial score (nSPS) is 52.1. The van der Waals surface area contributed by atoms with Crippen molar-refractivity contribution < 1.29 is 5.11 Å². The third-order valence-electron chi connectivity index (χ3n) is 7.09. The molecule has 0 radical (unpaired) electrons. The molecule has 0 aliphatic heterocycles. The van der Waals surface area contributed by atoms with E-state index in [1.165, 1.54) is 32.1 Å². The minimum Gasteiger partial charge on any atom is -0.377 e. The fourth-order valence-corrected chi connectivity index (χ4v) is 6.52. The Labute approximate surface area is 134 Å². The van der Waals surface area contributed by atoms with Gasteiger partial charge in [-0.3, -0.25) is 0 Å². The van der Waals surface area contributed by atoms with Crippen molar-refractivity contribution in [1.82, 2.24) is 0 Å². The molecule has 3 fully saturated rings. The highest BCUT2D eigenvalue weighted by Gasteiger charge is 2.54. The SMILES string of the molecule is C#C[C@]1(O)CC[C@H]2[C@@H]3CCC4=CC(S)CC[C@@H]4[C@H]3CC[C@@H]21. The molecule has 1 nitrogen and oxygen atoms in total. The lowest BCUT2D eigenvalue weighted by Crippen LogP contribution is -2.45. The molecule has 0 aromatic rings. The summed E-state index contributed by atoms with van der Waals surface area (Å²) in [7, 11) is 0. The van der Waals surface area contributed by atoms with Gasteiger partial charge >= 0.3 is 0 Å². The Hall–Kier alpha value is -0.390. The van der Waals surface area contributed by atoms with Crippen molar-refractivity contribution in [2.75, 3.05) is 0 Å². The predicted molar refractivity (Wildman–Crippen MR) is 89.0 cm³/mol. The quantitative estimate of drug-likeness (QED) is 0.396. The number of allylic oxidation sites excluding steroid dienone is 1. The molecular formula is C19H26OS. The summed E-state index contributed by atoms with van der Waals surface area (Å²) in [5, 5.41) is 11.2. The number of hydrogen-bond donors (Lipinski definition) is 2. The first kappa shape index (κ1) is 14.2. The van der Waals surface area contributed by atoms with Gasteiger partial charge in [0.25, 0.3) is 0 Å². The molecule has 1 N–H and O–H groups in total. The van der Waals surface area contributed by atoms with E-state index in [-0.39, 0.29) is 0 Å². The smallest absolute Gasteiger partial charge is 0.128 e. The van der Waals surface area contributed by atoms with Crippen LogP contribution in [0.5, 0.6) is 0 Å². The molecular weight excluding hydrogens is 276 g/mol. The van der Waals surface area contributed by atoms with Gasteiger partial charge in [-0.1, -0.05) is 17.6 Å². The van der Waals surface area contributed by atoms with Crippen molar-refractivity contribution in [3.63, 3.8) is 0 Å². The van der Waals surface area contributed by atoms with Gasteiger partial charge in [-0.05, 0) is 75.0 Å². The highest BCUT2D eigenvalue weighted by Crippen LogP contribution is 2.59. The summed E-state index contributed by atoms with van der Waals surface area (Å²) in [6.07, 6.45) is 17.6. The number of hydrogen-bond acceptors (Lipinski definition) is 2. The van der Waals surface area contributed by atoms with Gasteiger partial charge < -0.3 is 5.11 Å². The van der Waals surface area contributed by atoms with Crippen LogP contribution in [0.1, 0.15) is 51.4 Å². The summed E-state index contributed by atoms with van der Waals surface area (Å²) < 4.78 is 0. The Kier molecular flexibility index (Phi) is 3.43. The molecule has 114 valence electrons. The van der Waals surface area contributed by atoms with Crippen LogP contribution < -0.4 is 0 Å². The van der Waals surface area contributed by atoms with E-state index in [1.807, 2.05) is 0 Å². The molecule has 0 saturated heterocycles. The Morgan fingerprint density at radius 2 is 1.95 bits per heavy atom. The summed E-state index contributed by atoms with van der Waals surface area (Å²) in [5.41, 5.74) is 0.903. The Balaban J connectivity index is 1.59. The van der Waals surface area contributed by atoms with Crippen LogP contribution in [-0.4, -0.2) is 16.0 Å². The van der Waals surface area contributed by atoms with Gasteiger partial charge in [-0.2, -0.15) is 12.6 Å². The summed E-state index contributed by atoms with van der Waals surface area (Å²) in [5.74, 6) is 6.26. The number of terminal acetylenes is 1. The number of fused-ring (bicyclic) bond motifs is 5. The van der Waals surface area contributed by atoms with Crippen molar-refractivity contribution in [3.05, 3.63) is 11.6 Å². The fourth-order valence-electron chi connectivity index (χ4n) is 6.18. The van der Waals surface area contributed by atoms with E-state index in [2.05, 4.69) is 24.6 Å². The molecule has 0 aromatic carbocycles. The van der Waals surface area contributed by atoms with E-state index in [0.29, 0.717) is 17.1 Å². The van der Waals surface area contributed by atoms with Gasteiger partial charge in [0.05, 0.1) is 0 Å². The molecule has 0 spiro atoms. The number of rotatable bonds is 0. The zero-order chi connectivity index (χ0) is 14.6. The Morgan fingerprint density at radius 3 is 2.76 bits per heavy atom. The van der Waals surface area contributed by atoms with Crippen LogP contribution in [0.2, 0.25) is 0 Å². The van der Waals surface area contributed by atoms with Gasteiger partial charge in [0.2, 0.25) is 0 Å². The van der Waals surface area contributed by atoms with Gasteiger partial charge in [0, 0.05) is 11.2 Å². The average Bonchev–Trinajstić information content (AvgIpc) is 2.85. The maximum atomic E-state index is 10.7. The minimum atomic E-state index is -0.797. The van der Waals surface area contributed by atoms with Crippen molar-refractivity contribution in [3.8, 4) is 12.3 Å². The molecule has 4 aliphatic rings. The van der Waals surface area contributed by atoms with Gasteiger partial charge in [-0.25, -0.2) is 0 Å². The van der Waals surface area contributed by atoms with Crippen molar-refractivity contribution in [2.24, 2.45) is 29.6 Å². The summed E-state index contributed by atoms with van der Waals surface area (Å²) >= 11 is 4.66. The second-order valence-corrected chi connectivity index (χ2v) is 8.48. The molecule has 0 amide bonds. The lowest BCUT2D eigenvalue weighted by Gasteiger charge is -2.50. The largest absolute Gasteiger partial charge is 0.377 e. The van der Waals surface area contributed by atoms with Gasteiger partial charge in [-0.15, -0.1) is 6.42 Å². The number of aliphatic hydroxyl groups is 1. The van der Waals surface area contributed by atoms with Crippen LogP contribution >= 0.6 is 12.6 Å². The van der Waals surface area contributed by atoms with Gasteiger partial charge in [0.1, 0.15) is 5.60 Å². The van der Waals surface area contributed by atoms with Crippen LogP contribution in [0, 0.1) is 41.9 Å². The molecule has 0 bridgehead atoms. The van der Waals surface area contributed by atoms with Crippen LogP contribution in [0.3, 0.4) is 0 Å². The zero-order valence-corrected chi connectivity index (χ0v) is 13.6. The lowest BCUT2D eigenvalue weighted by atomic mass is 9.55. The molecule has 21 heavy (non-hydrogen) atoms. The summed E-state index contributed by atoms with van der Waals surface area (Å²) in [4.78, 5) is 0. The summed E-state index contributed by atoms with van der Waals surface area (Å²) in [6, 6.07) is 0. The van der Waals surface area contributed by atoms with Crippen molar-refractivity contribution in [1.29, 1.82) is 0 Å². The van der Waals surface area contributed by atoms with Crippen molar-refractivity contribution >= 4 is 12.6 Å². The van der Waals surface area contributed by atoms with E-state index in [4.69, 9.17) is 6.42 Å². The van der Waals surface area contributed by atoms with Crippen LogP contribution in [0.4, 0.5) is 0 Å². The maximum absolute atomic E-state index is 10.7. The standard InChI is InChI=1S/C19H26OS/c1-2-19(20)10-9-17-16-5-3-12-11-13(21)4-6-14(12)15(16)7-8-18(17)19/h1,11,13-18,20-21H,3-10H2/t13?,14-,15+,16+,17-,18-,19-/m0/s1. The van der Waals surface area contributed by atoms with Crippen LogP contribution in [0.15, 0.2) is 11.6 Å². The van der Waals surface area contributed by atoms with Crippen LogP contribution in [-0.2, 0) is 0 Å². The fraction of sp³-hybridized carbons (Fsp3) is 0.789. The highest BCUT2D eigenvalue weighted by molar-refractivity contribution is 7.81. The first-order chi connectivity index (χ1) is 10.1. The average molecular weight is 302 g/mol. The highest BCUT2D eigenvalue weighted by atomic mass is 32.1. The topological polar surface area (TPSA) is 20.2 Å². The third kappa shape index (κ3) is 2.12. The second kappa shape index (κ2) is 5.07. The van der Waals surface area contributed by atoms with Crippen LogP contribution in [0.25, 0.3) is 0 Å². The van der Waals surface area contributed by atoms with Gasteiger partial charge in [0.15, 0.2) is 0 Å². The molecule has 1 unspecified atom stereocenters. The Bertz CT molecular complexity index is 504. The summed E-state index contributed by atoms with van der Waals surface area (Å²) in [6.45, 7) is 0. The Morgan fingerprint density at radius 1 is 1.10 bits per heavy atom. The first-order valence-electron chi connectivity index (χ1n) is 8.71. The van der Waals surface area contributed by atoms with E-state index in [9.17, 15) is 5.11 Å². The minimum absolute atomic E-state index is 0.371. The number of thiol groups is 1. The molecule has 2 heteroatoms. The molecule has 3 saturated carbocycles. The molecule has 4 aliphatic carbocycles. The monoisotopic (exact) mass is 302 g/mol. The molecule has 7 atom stereocenters. The van der Waals surface area contributed by atoms with E-state index < -0.39 is 5.60 Å². The first-order valence-corrected chi connectivity index (χ1v) is 9.23. The molecule has 0 heterocycles. The molecule has 4 rings (SSSR count). The second-order valence-electron chi connectivity index (χ2n) is 7.81. The van der Waals surface area contributed by atoms with E-state index in [1.54, 1.807) is 5.57 Å². The lowest BCUT2D eigenvalue weighted by molar-refractivity contribution is -0.0188. The molecule has 0 aromatic heterocycles.